The molecule has 1 aliphatic rings. The molecule has 1 fully saturated rings. The Balaban J connectivity index is 1.75. The fraction of sp³-hybridized carbons (Fsp3) is 0.278. The largest absolute Gasteiger partial charge is 0.467 e. The smallest absolute Gasteiger partial charge is 0.325 e. The van der Waals surface area contributed by atoms with E-state index in [9.17, 15) is 14.4 Å². The summed E-state index contributed by atoms with van der Waals surface area (Å²) in [6, 6.07) is 7.49. The van der Waals surface area contributed by atoms with E-state index in [1.54, 1.807) is 38.2 Å². The Morgan fingerprint density at radius 2 is 2.00 bits per heavy atom. The van der Waals surface area contributed by atoms with Crippen LogP contribution in [-0.4, -0.2) is 41.2 Å². The van der Waals surface area contributed by atoms with Crippen LogP contribution in [0.4, 0.5) is 4.79 Å². The van der Waals surface area contributed by atoms with Crippen LogP contribution in [0.1, 0.15) is 18.2 Å². The first-order chi connectivity index (χ1) is 12.7. The molecular weight excluding hydrogens is 393 g/mol. The minimum absolute atomic E-state index is 0.236. The number of hydrogen-bond donors (Lipinski definition) is 1. The monoisotopic (exact) mass is 409 g/mol. The number of nitrogens with one attached hydrogen (secondary N) is 1. The van der Waals surface area contributed by atoms with Crippen molar-refractivity contribution in [1.29, 1.82) is 0 Å². The number of carbonyl (C=O) groups is 3. The van der Waals surface area contributed by atoms with E-state index in [1.165, 1.54) is 17.2 Å². The molecule has 4 amide bonds. The number of imide groups is 1. The second-order valence-electron chi connectivity index (χ2n) is 6.40. The van der Waals surface area contributed by atoms with Crippen LogP contribution in [0.2, 0.25) is 10.0 Å². The molecule has 0 bridgehead atoms. The summed E-state index contributed by atoms with van der Waals surface area (Å²) in [6.45, 7) is 1.42. The first-order valence-corrected chi connectivity index (χ1v) is 8.84. The highest BCUT2D eigenvalue weighted by Gasteiger charge is 2.49. The molecule has 1 N–H and O–H groups in total. The number of carbonyl (C=O) groups excluding carboxylic acids is 3. The summed E-state index contributed by atoms with van der Waals surface area (Å²) in [5.74, 6) is -0.331. The van der Waals surface area contributed by atoms with Gasteiger partial charge in [-0.05, 0) is 36.8 Å². The van der Waals surface area contributed by atoms with Crippen LogP contribution in [-0.2, 0) is 21.7 Å². The standard InChI is InChI=1S/C18H17Cl2N3O4/c1-18(11-5-6-13(19)14(20)8-11)16(25)23(17(26)21-18)10-15(24)22(2)9-12-4-3-7-27-12/h3-8H,9-10H2,1-2H3,(H,21,26)/t18-/m1/s1. The summed E-state index contributed by atoms with van der Waals surface area (Å²) >= 11 is 11.9. The zero-order chi connectivity index (χ0) is 19.8. The van der Waals surface area contributed by atoms with Gasteiger partial charge in [-0.2, -0.15) is 0 Å². The maximum Gasteiger partial charge on any atom is 0.325 e. The molecule has 0 saturated carbocycles. The summed E-state index contributed by atoms with van der Waals surface area (Å²) in [5, 5.41) is 3.24. The second-order valence-corrected chi connectivity index (χ2v) is 7.22. The Labute approximate surface area is 165 Å². The minimum atomic E-state index is -1.33. The quantitative estimate of drug-likeness (QED) is 0.769. The number of benzene rings is 1. The van der Waals surface area contributed by atoms with Crippen LogP contribution in [0.25, 0.3) is 0 Å². The lowest BCUT2D eigenvalue weighted by atomic mass is 9.92. The number of halogens is 2. The molecule has 1 saturated heterocycles. The fourth-order valence-corrected chi connectivity index (χ4v) is 3.12. The second kappa shape index (κ2) is 7.25. The van der Waals surface area contributed by atoms with Crippen LogP contribution in [0.5, 0.6) is 0 Å². The van der Waals surface area contributed by atoms with Crippen molar-refractivity contribution < 1.29 is 18.8 Å². The van der Waals surface area contributed by atoms with E-state index in [4.69, 9.17) is 27.6 Å². The molecular formula is C18H17Cl2N3O4. The molecule has 1 aromatic carbocycles. The number of hydrogen-bond acceptors (Lipinski definition) is 4. The van der Waals surface area contributed by atoms with E-state index in [0.29, 0.717) is 16.3 Å². The van der Waals surface area contributed by atoms with Crippen molar-refractivity contribution in [3.8, 4) is 0 Å². The Morgan fingerprint density at radius 3 is 2.63 bits per heavy atom. The molecule has 0 unspecified atom stereocenters. The number of urea groups is 1. The normalized spacial score (nSPS) is 19.3. The number of nitrogens with zero attached hydrogens (tertiary/aromatic N) is 2. The fourth-order valence-electron chi connectivity index (χ4n) is 2.82. The molecule has 0 radical (unpaired) electrons. The molecule has 0 aliphatic carbocycles. The average molecular weight is 410 g/mol. The van der Waals surface area contributed by atoms with Crippen molar-refractivity contribution in [1.82, 2.24) is 15.1 Å². The van der Waals surface area contributed by atoms with Crippen LogP contribution in [0.15, 0.2) is 41.0 Å². The molecule has 1 aliphatic heterocycles. The molecule has 2 heterocycles. The number of likely N-dealkylation sites (N-methyl/N-ethyl adjacent to an activating group) is 1. The van der Waals surface area contributed by atoms with Crippen molar-refractivity contribution in [2.75, 3.05) is 13.6 Å². The highest BCUT2D eigenvalue weighted by molar-refractivity contribution is 6.42. The topological polar surface area (TPSA) is 82.9 Å². The van der Waals surface area contributed by atoms with E-state index in [-0.39, 0.29) is 18.1 Å². The van der Waals surface area contributed by atoms with Crippen LogP contribution in [0.3, 0.4) is 0 Å². The van der Waals surface area contributed by atoms with Gasteiger partial charge in [-0.15, -0.1) is 0 Å². The lowest BCUT2D eigenvalue weighted by Crippen LogP contribution is -2.43. The van der Waals surface area contributed by atoms with E-state index < -0.39 is 23.4 Å². The molecule has 1 aromatic heterocycles. The van der Waals surface area contributed by atoms with Gasteiger partial charge in [0.05, 0.1) is 22.9 Å². The van der Waals surface area contributed by atoms with Crippen molar-refractivity contribution in [2.24, 2.45) is 0 Å². The Kier molecular flexibility index (Phi) is 5.17. The molecule has 1 atom stereocenters. The molecule has 9 heteroatoms. The summed E-state index contributed by atoms with van der Waals surface area (Å²) < 4.78 is 5.20. The van der Waals surface area contributed by atoms with Gasteiger partial charge in [0.1, 0.15) is 17.8 Å². The lowest BCUT2D eigenvalue weighted by Gasteiger charge is -2.23. The third-order valence-corrected chi connectivity index (χ3v) is 5.20. The van der Waals surface area contributed by atoms with Gasteiger partial charge >= 0.3 is 6.03 Å². The van der Waals surface area contributed by atoms with Gasteiger partial charge in [-0.1, -0.05) is 29.3 Å². The van der Waals surface area contributed by atoms with Crippen LogP contribution < -0.4 is 5.32 Å². The summed E-state index contributed by atoms with van der Waals surface area (Å²) in [6.07, 6.45) is 1.51. The maximum atomic E-state index is 12.9. The summed E-state index contributed by atoms with van der Waals surface area (Å²) in [5.41, 5.74) is -0.848. The minimum Gasteiger partial charge on any atom is -0.467 e. The molecule has 27 heavy (non-hydrogen) atoms. The van der Waals surface area contributed by atoms with Crippen molar-refractivity contribution >= 4 is 41.0 Å². The predicted octanol–water partition coefficient (Wildman–Crippen LogP) is 3.01. The third kappa shape index (κ3) is 3.65. The summed E-state index contributed by atoms with van der Waals surface area (Å²) in [4.78, 5) is 39.9. The van der Waals surface area contributed by atoms with Gasteiger partial charge in [0.2, 0.25) is 5.91 Å². The summed E-state index contributed by atoms with van der Waals surface area (Å²) in [7, 11) is 1.57. The maximum absolute atomic E-state index is 12.9. The predicted molar refractivity (Wildman–Crippen MR) is 99.2 cm³/mol. The highest BCUT2D eigenvalue weighted by Crippen LogP contribution is 2.33. The zero-order valence-corrected chi connectivity index (χ0v) is 16.2. The molecule has 142 valence electrons. The SMILES string of the molecule is CN(Cc1ccco1)C(=O)CN1C(=O)N[C@](C)(c2ccc(Cl)c(Cl)c2)C1=O. The van der Waals surface area contributed by atoms with Gasteiger partial charge in [0.15, 0.2) is 0 Å². The van der Waals surface area contributed by atoms with Crippen molar-refractivity contribution in [3.05, 3.63) is 58.0 Å². The van der Waals surface area contributed by atoms with E-state index >= 15 is 0 Å². The number of furan rings is 1. The first-order valence-electron chi connectivity index (χ1n) is 8.08. The Bertz CT molecular complexity index is 900. The van der Waals surface area contributed by atoms with Crippen molar-refractivity contribution in [3.63, 3.8) is 0 Å². The number of rotatable bonds is 5. The van der Waals surface area contributed by atoms with E-state index in [0.717, 1.165) is 4.90 Å². The molecule has 7 nitrogen and oxygen atoms in total. The van der Waals surface area contributed by atoms with Crippen molar-refractivity contribution in [2.45, 2.75) is 19.0 Å². The zero-order valence-electron chi connectivity index (χ0n) is 14.7. The van der Waals surface area contributed by atoms with Gasteiger partial charge in [0.25, 0.3) is 5.91 Å². The Morgan fingerprint density at radius 1 is 1.26 bits per heavy atom. The number of amides is 4. The van der Waals surface area contributed by atoms with E-state index in [1.807, 2.05) is 0 Å². The highest BCUT2D eigenvalue weighted by atomic mass is 35.5. The Hall–Kier alpha value is -2.51. The lowest BCUT2D eigenvalue weighted by molar-refractivity contribution is -0.138. The van der Waals surface area contributed by atoms with Gasteiger partial charge in [-0.25, -0.2) is 4.79 Å². The van der Waals surface area contributed by atoms with Crippen LogP contribution in [0, 0.1) is 0 Å². The molecule has 2 aromatic rings. The third-order valence-electron chi connectivity index (χ3n) is 4.46. The average Bonchev–Trinajstić information content (AvgIpc) is 3.20. The molecule has 3 rings (SSSR count). The van der Waals surface area contributed by atoms with Gasteiger partial charge in [-0.3, -0.25) is 14.5 Å². The van der Waals surface area contributed by atoms with Gasteiger partial charge in [0, 0.05) is 7.05 Å². The first kappa shape index (κ1) is 19.3. The van der Waals surface area contributed by atoms with Gasteiger partial charge < -0.3 is 14.6 Å². The van der Waals surface area contributed by atoms with Crippen LogP contribution >= 0.6 is 23.2 Å². The molecule has 0 spiro atoms. The van der Waals surface area contributed by atoms with E-state index in [2.05, 4.69) is 5.32 Å².